The SMILES string of the molecule is CC(C)(C)C1CCCN(c2ccc(CCl)cc2F)CC1. The largest absolute Gasteiger partial charge is 0.369 e. The summed E-state index contributed by atoms with van der Waals surface area (Å²) in [5.41, 5.74) is 1.92. The van der Waals surface area contributed by atoms with Crippen molar-refractivity contribution >= 4 is 17.3 Å². The summed E-state index contributed by atoms with van der Waals surface area (Å²) >= 11 is 5.75. The van der Waals surface area contributed by atoms with Crippen molar-refractivity contribution in [1.29, 1.82) is 0 Å². The molecule has 1 saturated heterocycles. The van der Waals surface area contributed by atoms with Crippen molar-refractivity contribution in [1.82, 2.24) is 0 Å². The first-order chi connectivity index (χ1) is 9.41. The van der Waals surface area contributed by atoms with Crippen LogP contribution in [0.15, 0.2) is 18.2 Å². The molecule has 1 nitrogen and oxygen atoms in total. The molecule has 0 aromatic heterocycles. The van der Waals surface area contributed by atoms with Crippen LogP contribution in [0.25, 0.3) is 0 Å². The Labute approximate surface area is 127 Å². The Bertz CT molecular complexity index is 453. The van der Waals surface area contributed by atoms with Gasteiger partial charge in [0.2, 0.25) is 0 Å². The third-order valence-electron chi connectivity index (χ3n) is 4.46. The smallest absolute Gasteiger partial charge is 0.146 e. The van der Waals surface area contributed by atoms with Crippen molar-refractivity contribution in [3.05, 3.63) is 29.6 Å². The fourth-order valence-corrected chi connectivity index (χ4v) is 3.26. The Balaban J connectivity index is 2.11. The minimum absolute atomic E-state index is 0.141. The van der Waals surface area contributed by atoms with Crippen LogP contribution in [0, 0.1) is 17.2 Å². The third kappa shape index (κ3) is 3.66. The number of hydrogen-bond acceptors (Lipinski definition) is 1. The first-order valence-electron chi connectivity index (χ1n) is 7.51. The second-order valence-corrected chi connectivity index (χ2v) is 7.17. The number of halogens is 2. The second kappa shape index (κ2) is 6.34. The average Bonchev–Trinajstić information content (AvgIpc) is 2.63. The minimum atomic E-state index is -0.141. The summed E-state index contributed by atoms with van der Waals surface area (Å²) in [5, 5.41) is 0. The van der Waals surface area contributed by atoms with Crippen molar-refractivity contribution < 1.29 is 4.39 Å². The van der Waals surface area contributed by atoms with Crippen LogP contribution in [0.4, 0.5) is 10.1 Å². The van der Waals surface area contributed by atoms with E-state index >= 15 is 0 Å². The highest BCUT2D eigenvalue weighted by molar-refractivity contribution is 6.17. The van der Waals surface area contributed by atoms with Gasteiger partial charge in [0, 0.05) is 19.0 Å². The van der Waals surface area contributed by atoms with E-state index in [0.717, 1.165) is 43.1 Å². The Hall–Kier alpha value is -0.760. The van der Waals surface area contributed by atoms with E-state index in [0.29, 0.717) is 11.3 Å². The molecule has 1 aliphatic heterocycles. The Morgan fingerprint density at radius 2 is 2.00 bits per heavy atom. The number of benzene rings is 1. The molecule has 0 radical (unpaired) electrons. The second-order valence-electron chi connectivity index (χ2n) is 6.90. The number of hydrogen-bond donors (Lipinski definition) is 0. The molecular weight excluding hydrogens is 273 g/mol. The maximum atomic E-state index is 14.2. The van der Waals surface area contributed by atoms with Gasteiger partial charge < -0.3 is 4.90 Å². The van der Waals surface area contributed by atoms with Gasteiger partial charge in [0.15, 0.2) is 0 Å². The monoisotopic (exact) mass is 297 g/mol. The lowest BCUT2D eigenvalue weighted by molar-refractivity contribution is 0.220. The van der Waals surface area contributed by atoms with E-state index in [1.165, 1.54) is 6.42 Å². The summed E-state index contributed by atoms with van der Waals surface area (Å²) < 4.78 is 14.2. The molecule has 1 unspecified atom stereocenters. The van der Waals surface area contributed by atoms with Crippen molar-refractivity contribution in [3.63, 3.8) is 0 Å². The Morgan fingerprint density at radius 1 is 1.25 bits per heavy atom. The summed E-state index contributed by atoms with van der Waals surface area (Å²) in [4.78, 5) is 2.19. The average molecular weight is 298 g/mol. The molecule has 0 spiro atoms. The van der Waals surface area contributed by atoms with Crippen LogP contribution < -0.4 is 4.90 Å². The standard InChI is InChI=1S/C17H25ClFN/c1-17(2,3)14-5-4-9-20(10-8-14)16-7-6-13(12-18)11-15(16)19/h6-7,11,14H,4-5,8-10,12H2,1-3H3. The summed E-state index contributed by atoms with van der Waals surface area (Å²) in [6.45, 7) is 8.82. The van der Waals surface area contributed by atoms with E-state index in [9.17, 15) is 4.39 Å². The molecule has 1 heterocycles. The first kappa shape index (κ1) is 15.6. The zero-order chi connectivity index (χ0) is 14.8. The van der Waals surface area contributed by atoms with Gasteiger partial charge in [0.1, 0.15) is 5.82 Å². The van der Waals surface area contributed by atoms with Gasteiger partial charge in [-0.15, -0.1) is 11.6 Å². The quantitative estimate of drug-likeness (QED) is 0.677. The molecule has 20 heavy (non-hydrogen) atoms. The molecule has 2 rings (SSSR count). The lowest BCUT2D eigenvalue weighted by Gasteiger charge is -2.30. The molecule has 1 aromatic carbocycles. The van der Waals surface area contributed by atoms with Crippen LogP contribution in [0.3, 0.4) is 0 Å². The van der Waals surface area contributed by atoms with E-state index in [2.05, 4.69) is 25.7 Å². The van der Waals surface area contributed by atoms with E-state index in [4.69, 9.17) is 11.6 Å². The zero-order valence-electron chi connectivity index (χ0n) is 12.8. The molecule has 0 N–H and O–H groups in total. The first-order valence-corrected chi connectivity index (χ1v) is 8.04. The van der Waals surface area contributed by atoms with Gasteiger partial charge in [-0.3, -0.25) is 0 Å². The number of anilines is 1. The van der Waals surface area contributed by atoms with Gasteiger partial charge in [-0.1, -0.05) is 26.8 Å². The third-order valence-corrected chi connectivity index (χ3v) is 4.77. The predicted molar refractivity (Wildman–Crippen MR) is 85.0 cm³/mol. The minimum Gasteiger partial charge on any atom is -0.369 e. The lowest BCUT2D eigenvalue weighted by atomic mass is 9.77. The molecular formula is C17H25ClFN. The predicted octanol–water partition coefficient (Wildman–Crippen LogP) is 5.22. The van der Waals surface area contributed by atoms with Gasteiger partial charge in [-0.2, -0.15) is 0 Å². The molecule has 1 aliphatic rings. The van der Waals surface area contributed by atoms with Gasteiger partial charge in [-0.05, 0) is 48.3 Å². The lowest BCUT2D eigenvalue weighted by Crippen LogP contribution is -2.26. The highest BCUT2D eigenvalue weighted by Crippen LogP contribution is 2.35. The molecule has 1 aromatic rings. The summed E-state index contributed by atoms with van der Waals surface area (Å²) in [6, 6.07) is 5.37. The highest BCUT2D eigenvalue weighted by atomic mass is 35.5. The van der Waals surface area contributed by atoms with Crippen LogP contribution in [0.1, 0.15) is 45.6 Å². The van der Waals surface area contributed by atoms with E-state index in [-0.39, 0.29) is 5.82 Å². The van der Waals surface area contributed by atoms with Crippen LogP contribution in [-0.4, -0.2) is 13.1 Å². The van der Waals surface area contributed by atoms with Crippen LogP contribution >= 0.6 is 11.6 Å². The Kier molecular flexibility index (Phi) is 4.95. The molecule has 3 heteroatoms. The van der Waals surface area contributed by atoms with Crippen LogP contribution in [0.5, 0.6) is 0 Å². The van der Waals surface area contributed by atoms with Crippen molar-refractivity contribution in [2.45, 2.75) is 45.9 Å². The summed E-state index contributed by atoms with van der Waals surface area (Å²) in [7, 11) is 0. The van der Waals surface area contributed by atoms with Crippen molar-refractivity contribution in [3.8, 4) is 0 Å². The Morgan fingerprint density at radius 3 is 2.60 bits per heavy atom. The van der Waals surface area contributed by atoms with Crippen molar-refractivity contribution in [2.75, 3.05) is 18.0 Å². The molecule has 0 saturated carbocycles. The fourth-order valence-electron chi connectivity index (χ4n) is 3.09. The summed E-state index contributed by atoms with van der Waals surface area (Å²) in [6.07, 6.45) is 3.51. The summed E-state index contributed by atoms with van der Waals surface area (Å²) in [5.74, 6) is 0.943. The molecule has 1 atom stereocenters. The number of rotatable bonds is 2. The molecule has 112 valence electrons. The highest BCUT2D eigenvalue weighted by Gasteiger charge is 2.27. The van der Waals surface area contributed by atoms with E-state index in [1.807, 2.05) is 12.1 Å². The van der Waals surface area contributed by atoms with E-state index < -0.39 is 0 Å². The molecule has 1 fully saturated rings. The molecule has 0 aliphatic carbocycles. The maximum absolute atomic E-state index is 14.2. The molecule has 0 bridgehead atoms. The van der Waals surface area contributed by atoms with Gasteiger partial charge in [-0.25, -0.2) is 4.39 Å². The number of nitrogens with zero attached hydrogens (tertiary/aromatic N) is 1. The van der Waals surface area contributed by atoms with Gasteiger partial charge in [0.25, 0.3) is 0 Å². The fraction of sp³-hybridized carbons (Fsp3) is 0.647. The maximum Gasteiger partial charge on any atom is 0.146 e. The van der Waals surface area contributed by atoms with Gasteiger partial charge in [0.05, 0.1) is 5.69 Å². The van der Waals surface area contributed by atoms with E-state index in [1.54, 1.807) is 6.07 Å². The van der Waals surface area contributed by atoms with Crippen molar-refractivity contribution in [2.24, 2.45) is 11.3 Å². The molecule has 0 amide bonds. The zero-order valence-corrected chi connectivity index (χ0v) is 13.5. The normalized spacial score (nSPS) is 20.9. The number of alkyl halides is 1. The van der Waals surface area contributed by atoms with Gasteiger partial charge >= 0.3 is 0 Å². The van der Waals surface area contributed by atoms with Crippen LogP contribution in [0.2, 0.25) is 0 Å². The topological polar surface area (TPSA) is 3.24 Å². The van der Waals surface area contributed by atoms with Crippen LogP contribution in [-0.2, 0) is 5.88 Å².